The second-order valence-electron chi connectivity index (χ2n) is 5.46. The Kier molecular flexibility index (Phi) is 4.44. The Labute approximate surface area is 121 Å². The van der Waals surface area contributed by atoms with E-state index in [2.05, 4.69) is 10.4 Å². The highest BCUT2D eigenvalue weighted by molar-refractivity contribution is 5.89. The van der Waals surface area contributed by atoms with E-state index in [1.54, 1.807) is 18.0 Å². The average molecular weight is 298 g/mol. The molecule has 0 aliphatic carbocycles. The zero-order chi connectivity index (χ0) is 15.5. The highest BCUT2D eigenvalue weighted by Gasteiger charge is 2.38. The number of carboxylic acid groups (broad SMARTS) is 1. The molecule has 0 saturated carbocycles. The Morgan fingerprint density at radius 3 is 2.71 bits per heavy atom. The van der Waals surface area contributed by atoms with E-state index in [1.807, 2.05) is 0 Å². The lowest BCUT2D eigenvalue weighted by Gasteiger charge is -2.36. The maximum atomic E-state index is 12.2. The van der Waals surface area contributed by atoms with Gasteiger partial charge in [-0.2, -0.15) is 5.10 Å². The van der Waals surface area contributed by atoms with E-state index in [-0.39, 0.29) is 12.6 Å². The first-order valence-electron chi connectivity index (χ1n) is 6.82. The number of aryl methyl sites for hydroxylation is 1. The van der Waals surface area contributed by atoms with Gasteiger partial charge < -0.3 is 15.3 Å². The third-order valence-electron chi connectivity index (χ3n) is 3.87. The molecule has 2 amide bonds. The molecule has 1 aromatic rings. The van der Waals surface area contributed by atoms with Gasteiger partial charge in [-0.25, -0.2) is 9.18 Å². The molecule has 1 aromatic heterocycles. The summed E-state index contributed by atoms with van der Waals surface area (Å²) in [6.07, 6.45) is 3.87. The van der Waals surface area contributed by atoms with Gasteiger partial charge in [0.25, 0.3) is 0 Å². The first kappa shape index (κ1) is 15.3. The minimum atomic E-state index is -0.824. The van der Waals surface area contributed by atoms with Gasteiger partial charge in [-0.1, -0.05) is 0 Å². The predicted octanol–water partition coefficient (Wildman–Crippen LogP) is 1.57. The van der Waals surface area contributed by atoms with Crippen LogP contribution < -0.4 is 5.32 Å². The summed E-state index contributed by atoms with van der Waals surface area (Å²) in [5, 5.41) is 15.7. The van der Waals surface area contributed by atoms with Crippen LogP contribution in [0.3, 0.4) is 0 Å². The van der Waals surface area contributed by atoms with E-state index in [0.717, 1.165) is 0 Å². The number of alkyl halides is 1. The van der Waals surface area contributed by atoms with Crippen LogP contribution in [0.2, 0.25) is 0 Å². The monoisotopic (exact) mass is 298 g/mol. The molecule has 0 bridgehead atoms. The van der Waals surface area contributed by atoms with Crippen LogP contribution in [0.4, 0.5) is 14.9 Å². The van der Waals surface area contributed by atoms with Gasteiger partial charge in [0.15, 0.2) is 0 Å². The molecule has 21 heavy (non-hydrogen) atoms. The molecule has 0 atom stereocenters. The number of urea groups is 1. The van der Waals surface area contributed by atoms with E-state index in [1.165, 1.54) is 10.9 Å². The number of aliphatic carboxylic acids is 1. The smallest absolute Gasteiger partial charge is 0.321 e. The fourth-order valence-electron chi connectivity index (χ4n) is 2.26. The minimum Gasteiger partial charge on any atom is -0.481 e. The van der Waals surface area contributed by atoms with Gasteiger partial charge in [0.05, 0.1) is 23.8 Å². The standard InChI is InChI=1S/C13H19FN4O3/c1-13(11(19)20)2-5-17(6-3-13)12(21)16-10-8-15-18(9-10)7-4-14/h8-9H,2-7H2,1H3,(H,16,21)(H,19,20). The molecule has 2 N–H and O–H groups in total. The van der Waals surface area contributed by atoms with Gasteiger partial charge in [0, 0.05) is 19.3 Å². The van der Waals surface area contributed by atoms with Gasteiger partial charge >= 0.3 is 12.0 Å². The van der Waals surface area contributed by atoms with Crippen LogP contribution in [0.15, 0.2) is 12.4 Å². The zero-order valence-corrected chi connectivity index (χ0v) is 11.9. The minimum absolute atomic E-state index is 0.149. The van der Waals surface area contributed by atoms with E-state index in [4.69, 9.17) is 5.11 Å². The van der Waals surface area contributed by atoms with Crippen LogP contribution in [0.5, 0.6) is 0 Å². The number of likely N-dealkylation sites (tertiary alicyclic amines) is 1. The van der Waals surface area contributed by atoms with Crippen LogP contribution in [-0.2, 0) is 11.3 Å². The average Bonchev–Trinajstić information content (AvgIpc) is 2.87. The van der Waals surface area contributed by atoms with Crippen LogP contribution in [0, 0.1) is 5.41 Å². The summed E-state index contributed by atoms with van der Waals surface area (Å²) in [7, 11) is 0. The van der Waals surface area contributed by atoms with Crippen LogP contribution in [0.1, 0.15) is 19.8 Å². The molecule has 1 aliphatic rings. The van der Waals surface area contributed by atoms with Crippen molar-refractivity contribution < 1.29 is 19.1 Å². The van der Waals surface area contributed by atoms with E-state index in [0.29, 0.717) is 31.6 Å². The summed E-state index contributed by atoms with van der Waals surface area (Å²) in [6, 6.07) is -0.290. The Morgan fingerprint density at radius 1 is 1.48 bits per heavy atom. The number of nitrogens with zero attached hydrogens (tertiary/aromatic N) is 3. The molecule has 0 aromatic carbocycles. The number of halogens is 1. The molecule has 7 nitrogen and oxygen atoms in total. The number of amides is 2. The highest BCUT2D eigenvalue weighted by atomic mass is 19.1. The predicted molar refractivity (Wildman–Crippen MR) is 73.8 cm³/mol. The fraction of sp³-hybridized carbons (Fsp3) is 0.615. The first-order chi connectivity index (χ1) is 9.94. The lowest BCUT2D eigenvalue weighted by molar-refractivity contribution is -0.150. The summed E-state index contributed by atoms with van der Waals surface area (Å²) in [4.78, 5) is 24.8. The Balaban J connectivity index is 1.88. The molecule has 2 rings (SSSR count). The van der Waals surface area contributed by atoms with Gasteiger partial charge in [-0.15, -0.1) is 0 Å². The number of carbonyl (C=O) groups is 2. The number of aromatic nitrogens is 2. The van der Waals surface area contributed by atoms with Crippen LogP contribution in [0.25, 0.3) is 0 Å². The van der Waals surface area contributed by atoms with Gasteiger partial charge in [0.2, 0.25) is 0 Å². The number of carbonyl (C=O) groups excluding carboxylic acids is 1. The number of piperidine rings is 1. The molecule has 1 saturated heterocycles. The van der Waals surface area contributed by atoms with Gasteiger partial charge in [-0.3, -0.25) is 9.48 Å². The van der Waals surface area contributed by atoms with Crippen molar-refractivity contribution in [3.8, 4) is 0 Å². The summed E-state index contributed by atoms with van der Waals surface area (Å²) in [5.74, 6) is -0.824. The maximum Gasteiger partial charge on any atom is 0.321 e. The molecule has 1 fully saturated rings. The van der Waals surface area contributed by atoms with E-state index in [9.17, 15) is 14.0 Å². The second kappa shape index (κ2) is 6.11. The molecule has 2 heterocycles. The Morgan fingerprint density at radius 2 is 2.14 bits per heavy atom. The molecular weight excluding hydrogens is 279 g/mol. The largest absolute Gasteiger partial charge is 0.481 e. The number of anilines is 1. The van der Waals surface area contributed by atoms with Crippen molar-refractivity contribution in [3.63, 3.8) is 0 Å². The number of rotatable bonds is 4. The lowest BCUT2D eigenvalue weighted by atomic mass is 9.80. The molecular formula is C13H19FN4O3. The van der Waals surface area contributed by atoms with Crippen molar-refractivity contribution >= 4 is 17.7 Å². The SMILES string of the molecule is CC1(C(=O)O)CCN(C(=O)Nc2cnn(CCF)c2)CC1. The van der Waals surface area contributed by atoms with Crippen molar-refractivity contribution in [1.29, 1.82) is 0 Å². The topological polar surface area (TPSA) is 87.5 Å². The van der Waals surface area contributed by atoms with Gasteiger partial charge in [-0.05, 0) is 19.8 Å². The maximum absolute atomic E-state index is 12.2. The van der Waals surface area contributed by atoms with Gasteiger partial charge in [0.1, 0.15) is 6.67 Å². The summed E-state index contributed by atoms with van der Waals surface area (Å²) >= 11 is 0. The number of hydrogen-bond acceptors (Lipinski definition) is 3. The zero-order valence-electron chi connectivity index (χ0n) is 11.9. The van der Waals surface area contributed by atoms with E-state index < -0.39 is 18.1 Å². The van der Waals surface area contributed by atoms with Crippen molar-refractivity contribution in [2.24, 2.45) is 5.41 Å². The van der Waals surface area contributed by atoms with E-state index >= 15 is 0 Å². The highest BCUT2D eigenvalue weighted by Crippen LogP contribution is 2.31. The number of carboxylic acids is 1. The van der Waals surface area contributed by atoms with Crippen molar-refractivity contribution in [2.45, 2.75) is 26.3 Å². The summed E-state index contributed by atoms with van der Waals surface area (Å²) in [5.41, 5.74) is -0.261. The molecule has 1 aliphatic heterocycles. The quantitative estimate of drug-likeness (QED) is 0.883. The van der Waals surface area contributed by atoms with Crippen molar-refractivity contribution in [1.82, 2.24) is 14.7 Å². The third kappa shape index (κ3) is 3.50. The third-order valence-corrected chi connectivity index (χ3v) is 3.87. The second-order valence-corrected chi connectivity index (χ2v) is 5.46. The van der Waals surface area contributed by atoms with Crippen molar-refractivity contribution in [2.75, 3.05) is 25.1 Å². The Bertz CT molecular complexity index is 523. The molecule has 0 radical (unpaired) electrons. The summed E-state index contributed by atoms with van der Waals surface area (Å²) in [6.45, 7) is 2.12. The molecule has 0 spiro atoms. The van der Waals surface area contributed by atoms with Crippen LogP contribution >= 0.6 is 0 Å². The molecule has 116 valence electrons. The number of nitrogens with one attached hydrogen (secondary N) is 1. The number of hydrogen-bond donors (Lipinski definition) is 2. The summed E-state index contributed by atoms with van der Waals surface area (Å²) < 4.78 is 13.6. The molecule has 0 unspecified atom stereocenters. The molecule has 8 heteroatoms. The normalized spacial score (nSPS) is 17.5. The lowest BCUT2D eigenvalue weighted by Crippen LogP contribution is -2.46. The first-order valence-corrected chi connectivity index (χ1v) is 6.82. The van der Waals surface area contributed by atoms with Crippen LogP contribution in [-0.4, -0.2) is 51.6 Å². The fourth-order valence-corrected chi connectivity index (χ4v) is 2.26. The van der Waals surface area contributed by atoms with Crippen molar-refractivity contribution in [3.05, 3.63) is 12.4 Å². The Hall–Kier alpha value is -2.12.